The Labute approximate surface area is 276 Å². The summed E-state index contributed by atoms with van der Waals surface area (Å²) in [5.41, 5.74) is 5.54. The number of sulfonamides is 2. The molecule has 0 saturated carbocycles. The fraction of sp³-hybridized carbons (Fsp3) is 0.368. The first kappa shape index (κ1) is 35.6. The quantitative estimate of drug-likeness (QED) is 0.189. The summed E-state index contributed by atoms with van der Waals surface area (Å²) in [6.07, 6.45) is 0. The van der Waals surface area contributed by atoms with Gasteiger partial charge in [0, 0.05) is 0 Å². The summed E-state index contributed by atoms with van der Waals surface area (Å²) < 4.78 is 63.2. The van der Waals surface area contributed by atoms with Gasteiger partial charge in [0.1, 0.15) is 0 Å². The van der Waals surface area contributed by atoms with E-state index >= 15 is 0 Å². The Balaban J connectivity index is 1.88. The molecule has 4 rings (SSSR count). The molecule has 4 aromatic rings. The monoisotopic (exact) mass is 660 g/mol. The van der Waals surface area contributed by atoms with Gasteiger partial charge in [-0.15, -0.1) is 0 Å². The first-order chi connectivity index (χ1) is 21.2. The topological polar surface area (TPSA) is 92.3 Å². The molecule has 0 fully saturated rings. The van der Waals surface area contributed by atoms with E-state index < -0.39 is 32.1 Å². The van der Waals surface area contributed by atoms with Crippen LogP contribution in [0.25, 0.3) is 0 Å². The number of hydrogen-bond acceptors (Lipinski definition) is 4. The molecule has 46 heavy (non-hydrogen) atoms. The van der Waals surface area contributed by atoms with Crippen LogP contribution in [0.1, 0.15) is 98.1 Å². The van der Waals surface area contributed by atoms with Crippen LogP contribution in [0.5, 0.6) is 0 Å². The van der Waals surface area contributed by atoms with Crippen LogP contribution in [-0.4, -0.2) is 16.8 Å². The van der Waals surface area contributed by atoms with E-state index in [1.54, 1.807) is 27.7 Å². The Morgan fingerprint density at radius 1 is 0.478 bits per heavy atom. The summed E-state index contributed by atoms with van der Waals surface area (Å²) in [7, 11) is -8.26. The third-order valence-corrected chi connectivity index (χ3v) is 11.9. The third-order valence-electron chi connectivity index (χ3n) is 8.41. The van der Waals surface area contributed by atoms with Crippen molar-refractivity contribution in [2.75, 3.05) is 0 Å². The number of aryl methyl sites for hydroxylation is 4. The molecule has 6 nitrogen and oxygen atoms in total. The van der Waals surface area contributed by atoms with Crippen molar-refractivity contribution < 1.29 is 16.8 Å². The highest BCUT2D eigenvalue weighted by atomic mass is 32.2. The molecule has 0 bridgehead atoms. The van der Waals surface area contributed by atoms with E-state index in [0.29, 0.717) is 33.4 Å². The summed E-state index contributed by atoms with van der Waals surface area (Å²) in [4.78, 5) is 0.390. The Kier molecular flexibility index (Phi) is 10.1. The van der Waals surface area contributed by atoms with Gasteiger partial charge in [0.05, 0.1) is 21.9 Å². The molecule has 2 N–H and O–H groups in total. The van der Waals surface area contributed by atoms with Gasteiger partial charge in [-0.2, -0.15) is 0 Å². The lowest BCUT2D eigenvalue weighted by Gasteiger charge is -2.31. The lowest BCUT2D eigenvalue weighted by atomic mass is 9.85. The van der Waals surface area contributed by atoms with E-state index in [2.05, 4.69) is 51.0 Å². The summed E-state index contributed by atoms with van der Waals surface area (Å²) in [5, 5.41) is 0. The Bertz CT molecular complexity index is 1730. The van der Waals surface area contributed by atoms with Crippen LogP contribution in [0, 0.1) is 27.7 Å². The average molecular weight is 661 g/mol. The lowest BCUT2D eigenvalue weighted by molar-refractivity contribution is 0.465. The predicted octanol–water partition coefficient (Wildman–Crippen LogP) is 8.25. The minimum absolute atomic E-state index is 0.157. The predicted molar refractivity (Wildman–Crippen MR) is 188 cm³/mol. The normalized spacial score (nSPS) is 14.2. The lowest BCUT2D eigenvalue weighted by Crippen LogP contribution is -2.41. The van der Waals surface area contributed by atoms with Crippen molar-refractivity contribution in [1.29, 1.82) is 0 Å². The molecular formula is C38H48N2O4S2. The molecule has 0 spiro atoms. The summed E-state index contributed by atoms with van der Waals surface area (Å²) in [5.74, 6) is 0. The van der Waals surface area contributed by atoms with Crippen molar-refractivity contribution in [2.24, 2.45) is 0 Å². The molecule has 0 aliphatic carbocycles. The second kappa shape index (κ2) is 13.1. The zero-order valence-electron chi connectivity index (χ0n) is 28.7. The third kappa shape index (κ3) is 7.80. The molecule has 4 aromatic carbocycles. The average Bonchev–Trinajstić information content (AvgIpc) is 2.94. The molecule has 0 aliphatic rings. The van der Waals surface area contributed by atoms with Gasteiger partial charge in [-0.05, 0) is 83.0 Å². The summed E-state index contributed by atoms with van der Waals surface area (Å²) in [6.45, 7) is 19.8. The molecule has 0 amide bonds. The van der Waals surface area contributed by atoms with Crippen LogP contribution in [0.4, 0.5) is 0 Å². The fourth-order valence-corrected chi connectivity index (χ4v) is 9.42. The van der Waals surface area contributed by atoms with Crippen LogP contribution in [-0.2, 0) is 30.9 Å². The second-order valence-corrected chi connectivity index (χ2v) is 17.7. The molecule has 0 saturated heterocycles. The molecule has 246 valence electrons. The van der Waals surface area contributed by atoms with Crippen molar-refractivity contribution in [1.82, 2.24) is 9.44 Å². The fourth-order valence-electron chi connectivity index (χ4n) is 6.04. The van der Waals surface area contributed by atoms with Gasteiger partial charge in [0.15, 0.2) is 0 Å². The first-order valence-electron chi connectivity index (χ1n) is 15.6. The van der Waals surface area contributed by atoms with Crippen LogP contribution >= 0.6 is 0 Å². The molecule has 8 heteroatoms. The highest BCUT2D eigenvalue weighted by molar-refractivity contribution is 7.90. The number of nitrogens with one attached hydrogen (secondary N) is 2. The van der Waals surface area contributed by atoms with Crippen LogP contribution in [0.2, 0.25) is 0 Å². The van der Waals surface area contributed by atoms with E-state index in [9.17, 15) is 16.8 Å². The first-order valence-corrected chi connectivity index (χ1v) is 18.6. The molecule has 0 heterocycles. The van der Waals surface area contributed by atoms with Gasteiger partial charge in [-0.3, -0.25) is 0 Å². The number of hydrogen-bond donors (Lipinski definition) is 2. The Morgan fingerprint density at radius 3 is 0.978 bits per heavy atom. The molecule has 2 atom stereocenters. The minimum atomic E-state index is -4.13. The van der Waals surface area contributed by atoms with Gasteiger partial charge < -0.3 is 0 Å². The van der Waals surface area contributed by atoms with Crippen LogP contribution < -0.4 is 9.44 Å². The van der Waals surface area contributed by atoms with E-state index in [4.69, 9.17) is 0 Å². The maximum atomic E-state index is 14.3. The van der Waals surface area contributed by atoms with Crippen LogP contribution in [0.15, 0.2) is 94.7 Å². The van der Waals surface area contributed by atoms with Gasteiger partial charge in [-0.25, -0.2) is 26.3 Å². The zero-order valence-corrected chi connectivity index (χ0v) is 30.3. The summed E-state index contributed by atoms with van der Waals surface area (Å²) >= 11 is 0. The highest BCUT2D eigenvalue weighted by Gasteiger charge is 2.35. The SMILES string of the molecule is Cc1cc(C(C)(C)C)cc(C)c1S(=O)(=O)N[C@@H](c1ccccc1)[C@@H](NS(=O)(=O)c1c(C)cc(C(C)(C)C)cc1C)c1ccccc1. The van der Waals surface area contributed by atoms with E-state index in [0.717, 1.165) is 11.1 Å². The van der Waals surface area contributed by atoms with Crippen molar-refractivity contribution in [2.45, 2.75) is 102 Å². The molecular weight excluding hydrogens is 613 g/mol. The van der Waals surface area contributed by atoms with Crippen LogP contribution in [0.3, 0.4) is 0 Å². The Morgan fingerprint density at radius 2 is 0.739 bits per heavy atom. The maximum Gasteiger partial charge on any atom is 0.241 e. The minimum Gasteiger partial charge on any atom is -0.207 e. The molecule has 0 aliphatic heterocycles. The number of benzene rings is 4. The van der Waals surface area contributed by atoms with E-state index in [1.165, 1.54) is 0 Å². The van der Waals surface area contributed by atoms with Gasteiger partial charge in [0.25, 0.3) is 0 Å². The van der Waals surface area contributed by atoms with Crippen molar-refractivity contribution in [3.05, 3.63) is 129 Å². The van der Waals surface area contributed by atoms with Gasteiger partial charge in [0.2, 0.25) is 20.0 Å². The van der Waals surface area contributed by atoms with E-state index in [-0.39, 0.29) is 20.6 Å². The van der Waals surface area contributed by atoms with E-state index in [1.807, 2.05) is 84.9 Å². The molecule has 0 unspecified atom stereocenters. The van der Waals surface area contributed by atoms with Crippen molar-refractivity contribution >= 4 is 20.0 Å². The second-order valence-electron chi connectivity index (χ2n) is 14.4. The molecule has 0 aromatic heterocycles. The standard InChI is InChI=1S/C38H48N2O4S2/c1-25-21-31(37(5,6)7)22-26(2)35(25)45(41,42)39-33(29-17-13-11-14-18-29)34(30-19-15-12-16-20-30)40-46(43,44)36-27(3)23-32(24-28(36)4)38(8,9)10/h11-24,33-34,39-40H,1-10H3/t33-,34-/m0/s1. The zero-order chi connectivity index (χ0) is 34.2. The molecule has 0 radical (unpaired) electrons. The smallest absolute Gasteiger partial charge is 0.207 e. The highest BCUT2D eigenvalue weighted by Crippen LogP contribution is 2.36. The maximum absolute atomic E-state index is 14.3. The largest absolute Gasteiger partial charge is 0.241 e. The van der Waals surface area contributed by atoms with Crippen molar-refractivity contribution in [3.63, 3.8) is 0 Å². The van der Waals surface area contributed by atoms with Gasteiger partial charge in [-0.1, -0.05) is 126 Å². The Hall–Kier alpha value is -3.30. The summed E-state index contributed by atoms with van der Waals surface area (Å²) in [6, 6.07) is 24.0. The van der Waals surface area contributed by atoms with Gasteiger partial charge >= 0.3 is 0 Å². The number of rotatable bonds is 9. The van der Waals surface area contributed by atoms with Crippen molar-refractivity contribution in [3.8, 4) is 0 Å².